The number of hydrazine groups is 1. The first-order chi connectivity index (χ1) is 10.6. The van der Waals surface area contributed by atoms with Gasteiger partial charge in [-0.25, -0.2) is 10.6 Å². The first-order valence-electron chi connectivity index (χ1n) is 6.64. The quantitative estimate of drug-likeness (QED) is 0.621. The number of hydrogen-bond donors (Lipinski definition) is 2. The zero-order valence-electron chi connectivity index (χ0n) is 11.7. The lowest BCUT2D eigenvalue weighted by Crippen LogP contribution is -2.39. The van der Waals surface area contributed by atoms with Crippen LogP contribution in [0.1, 0.15) is 18.5 Å². The van der Waals surface area contributed by atoms with E-state index in [2.05, 4.69) is 0 Å². The molecule has 7 heteroatoms. The third-order valence-corrected chi connectivity index (χ3v) is 3.73. The van der Waals surface area contributed by atoms with Gasteiger partial charge in [-0.3, -0.25) is 4.90 Å². The van der Waals surface area contributed by atoms with Crippen molar-refractivity contribution in [2.24, 2.45) is 5.84 Å². The molecule has 22 heavy (non-hydrogen) atoms. The summed E-state index contributed by atoms with van der Waals surface area (Å²) in [5, 5.41) is 0.485. The summed E-state index contributed by atoms with van der Waals surface area (Å²) in [6.45, 7) is 1.87. The minimum atomic E-state index is -0.654. The van der Waals surface area contributed by atoms with Crippen molar-refractivity contribution in [3.63, 3.8) is 0 Å². The molecule has 1 unspecified atom stereocenters. The van der Waals surface area contributed by atoms with Crippen LogP contribution < -0.4 is 21.1 Å². The van der Waals surface area contributed by atoms with Gasteiger partial charge in [0.1, 0.15) is 5.75 Å². The van der Waals surface area contributed by atoms with Gasteiger partial charge in [0.2, 0.25) is 0 Å². The number of fused-ring (bicyclic) bond motifs is 2. The standard InChI is InChI=1S/C15H14ClN3O3/c1-9-11-4-2-3-5-13(11)21-14-7-6-10(16)8-12(14)19(9)15(20)22-18-17/h2-9,18H,17H2,1H3. The van der Waals surface area contributed by atoms with Crippen LogP contribution in [0.25, 0.3) is 0 Å². The zero-order chi connectivity index (χ0) is 15.7. The molecule has 0 fully saturated rings. The van der Waals surface area contributed by atoms with Crippen molar-refractivity contribution in [2.45, 2.75) is 13.0 Å². The van der Waals surface area contributed by atoms with E-state index in [1.807, 2.05) is 36.8 Å². The number of halogens is 1. The molecule has 1 amide bonds. The third kappa shape index (κ3) is 2.48. The van der Waals surface area contributed by atoms with Gasteiger partial charge in [0.25, 0.3) is 0 Å². The van der Waals surface area contributed by atoms with Gasteiger partial charge >= 0.3 is 6.09 Å². The molecule has 2 aromatic carbocycles. The molecule has 1 heterocycles. The fraction of sp³-hybridized carbons (Fsp3) is 0.133. The Balaban J connectivity index is 2.18. The number of carbonyl (C=O) groups excluding carboxylic acids is 1. The molecule has 3 rings (SSSR count). The van der Waals surface area contributed by atoms with Gasteiger partial charge in [-0.15, -0.1) is 0 Å². The van der Waals surface area contributed by atoms with E-state index in [-0.39, 0.29) is 6.04 Å². The number of nitrogens with zero attached hydrogens (tertiary/aromatic N) is 1. The number of ether oxygens (including phenoxy) is 1. The number of nitrogens with two attached hydrogens (primary N) is 1. The Bertz CT molecular complexity index is 723. The van der Waals surface area contributed by atoms with Crippen molar-refractivity contribution in [1.29, 1.82) is 0 Å². The number of para-hydroxylation sites is 1. The maximum atomic E-state index is 12.3. The lowest BCUT2D eigenvalue weighted by atomic mass is 10.1. The molecule has 0 aromatic heterocycles. The summed E-state index contributed by atoms with van der Waals surface area (Å²) in [6, 6.07) is 12.2. The summed E-state index contributed by atoms with van der Waals surface area (Å²) in [4.78, 5) is 18.5. The maximum Gasteiger partial charge on any atom is 0.435 e. The van der Waals surface area contributed by atoms with Crippen molar-refractivity contribution in [1.82, 2.24) is 5.59 Å². The number of anilines is 1. The van der Waals surface area contributed by atoms with Crippen LogP contribution in [0.3, 0.4) is 0 Å². The normalized spacial score (nSPS) is 16.1. The van der Waals surface area contributed by atoms with Gasteiger partial charge in [0.05, 0.1) is 11.7 Å². The lowest BCUT2D eigenvalue weighted by Gasteiger charge is -2.26. The van der Waals surface area contributed by atoms with Gasteiger partial charge in [0.15, 0.2) is 5.75 Å². The first kappa shape index (κ1) is 14.6. The summed E-state index contributed by atoms with van der Waals surface area (Å²) in [5.74, 6) is 6.27. The Morgan fingerprint density at radius 1 is 1.32 bits per heavy atom. The van der Waals surface area contributed by atoms with Crippen LogP contribution in [0.2, 0.25) is 5.02 Å². The summed E-state index contributed by atoms with van der Waals surface area (Å²) >= 11 is 6.06. The number of benzene rings is 2. The van der Waals surface area contributed by atoms with Gasteiger partial charge in [-0.1, -0.05) is 35.4 Å². The second kappa shape index (κ2) is 5.84. The molecule has 0 bridgehead atoms. The summed E-state index contributed by atoms with van der Waals surface area (Å²) in [7, 11) is 0. The second-order valence-corrected chi connectivity index (χ2v) is 5.22. The van der Waals surface area contributed by atoms with Gasteiger partial charge < -0.3 is 9.57 Å². The predicted octanol–water partition coefficient (Wildman–Crippen LogP) is 3.53. The Hall–Kier alpha value is -2.28. The number of hydrogen-bond acceptors (Lipinski definition) is 5. The molecule has 6 nitrogen and oxygen atoms in total. The number of rotatable bonds is 1. The largest absolute Gasteiger partial charge is 0.455 e. The van der Waals surface area contributed by atoms with Gasteiger partial charge in [0, 0.05) is 10.6 Å². The minimum Gasteiger partial charge on any atom is -0.455 e. The predicted molar refractivity (Wildman–Crippen MR) is 82.7 cm³/mol. The van der Waals surface area contributed by atoms with Crippen LogP contribution in [0.15, 0.2) is 42.5 Å². The molecule has 1 atom stereocenters. The van der Waals surface area contributed by atoms with Crippen LogP contribution >= 0.6 is 11.6 Å². The van der Waals surface area contributed by atoms with Crippen LogP contribution in [0, 0.1) is 0 Å². The molecule has 3 N–H and O–H groups in total. The van der Waals surface area contributed by atoms with Crippen LogP contribution in [-0.4, -0.2) is 6.09 Å². The molecule has 1 aliphatic heterocycles. The van der Waals surface area contributed by atoms with Crippen LogP contribution in [-0.2, 0) is 4.84 Å². The van der Waals surface area contributed by atoms with E-state index in [1.165, 1.54) is 4.90 Å². The van der Waals surface area contributed by atoms with Crippen LogP contribution in [0.5, 0.6) is 11.5 Å². The Morgan fingerprint density at radius 2 is 2.09 bits per heavy atom. The SMILES string of the molecule is CC1c2ccccc2Oc2ccc(Cl)cc2N1C(=O)ONN. The highest BCUT2D eigenvalue weighted by molar-refractivity contribution is 6.31. The van der Waals surface area contributed by atoms with E-state index in [1.54, 1.807) is 18.2 Å². The summed E-state index contributed by atoms with van der Waals surface area (Å²) in [5.41, 5.74) is 3.27. The van der Waals surface area contributed by atoms with E-state index in [0.717, 1.165) is 5.56 Å². The Labute approximate surface area is 132 Å². The fourth-order valence-corrected chi connectivity index (χ4v) is 2.67. The molecule has 1 aliphatic rings. The average molecular weight is 320 g/mol. The minimum absolute atomic E-state index is 0.322. The van der Waals surface area contributed by atoms with Crippen molar-refractivity contribution in [3.05, 3.63) is 53.1 Å². The van der Waals surface area contributed by atoms with E-state index in [9.17, 15) is 4.79 Å². The molecule has 0 aliphatic carbocycles. The van der Waals surface area contributed by atoms with E-state index in [0.29, 0.717) is 22.2 Å². The molecule has 0 spiro atoms. The van der Waals surface area contributed by atoms with E-state index >= 15 is 0 Å². The number of nitrogens with one attached hydrogen (secondary N) is 1. The second-order valence-electron chi connectivity index (χ2n) is 4.78. The van der Waals surface area contributed by atoms with E-state index < -0.39 is 6.09 Å². The Morgan fingerprint density at radius 3 is 2.86 bits per heavy atom. The van der Waals surface area contributed by atoms with Crippen molar-refractivity contribution in [3.8, 4) is 11.5 Å². The number of carbonyl (C=O) groups is 1. The highest BCUT2D eigenvalue weighted by atomic mass is 35.5. The first-order valence-corrected chi connectivity index (χ1v) is 7.01. The van der Waals surface area contributed by atoms with Crippen LogP contribution in [0.4, 0.5) is 10.5 Å². The smallest absolute Gasteiger partial charge is 0.435 e. The average Bonchev–Trinajstić information content (AvgIpc) is 2.62. The molecule has 0 radical (unpaired) electrons. The maximum absolute atomic E-state index is 12.3. The van der Waals surface area contributed by atoms with Crippen molar-refractivity contribution in [2.75, 3.05) is 4.90 Å². The van der Waals surface area contributed by atoms with E-state index in [4.69, 9.17) is 27.0 Å². The van der Waals surface area contributed by atoms with Crippen molar-refractivity contribution >= 4 is 23.4 Å². The zero-order valence-corrected chi connectivity index (χ0v) is 12.5. The van der Waals surface area contributed by atoms with Gasteiger partial charge in [-0.2, -0.15) is 0 Å². The Kier molecular flexibility index (Phi) is 3.89. The molecular formula is C15H14ClN3O3. The monoisotopic (exact) mass is 319 g/mol. The molecule has 114 valence electrons. The summed E-state index contributed by atoms with van der Waals surface area (Å²) < 4.78 is 5.93. The number of amides is 1. The molecule has 0 saturated carbocycles. The molecule has 0 saturated heterocycles. The highest BCUT2D eigenvalue weighted by Crippen LogP contribution is 2.44. The topological polar surface area (TPSA) is 76.8 Å². The molecule has 2 aromatic rings. The van der Waals surface area contributed by atoms with Crippen molar-refractivity contribution < 1.29 is 14.4 Å². The third-order valence-electron chi connectivity index (χ3n) is 3.50. The van der Waals surface area contributed by atoms with Gasteiger partial charge in [-0.05, 0) is 31.2 Å². The highest BCUT2D eigenvalue weighted by Gasteiger charge is 2.32. The summed E-state index contributed by atoms with van der Waals surface area (Å²) in [6.07, 6.45) is -0.654. The fourth-order valence-electron chi connectivity index (χ4n) is 2.51. The molecular weight excluding hydrogens is 306 g/mol. The lowest BCUT2D eigenvalue weighted by molar-refractivity contribution is 0.0951.